The van der Waals surface area contributed by atoms with Gasteiger partial charge in [-0.1, -0.05) is 35.9 Å². The van der Waals surface area contributed by atoms with Crippen LogP contribution in [-0.2, 0) is 19.6 Å². The van der Waals surface area contributed by atoms with Crippen molar-refractivity contribution in [3.63, 3.8) is 0 Å². The lowest BCUT2D eigenvalue weighted by molar-refractivity contribution is 0.267. The summed E-state index contributed by atoms with van der Waals surface area (Å²) in [5, 5.41) is 4.23. The monoisotopic (exact) mass is 527 g/mol. The topological polar surface area (TPSA) is 59.2 Å². The van der Waals surface area contributed by atoms with Crippen LogP contribution in [0, 0.1) is 0 Å². The number of rotatable bonds is 11. The fourth-order valence-corrected chi connectivity index (χ4v) is 4.33. The minimum absolute atomic E-state index is 0.440. The number of fused-ring (bicyclic) bond motifs is 1. The molecule has 0 spiro atoms. The van der Waals surface area contributed by atoms with E-state index >= 15 is 0 Å². The number of halogens is 2. The highest BCUT2D eigenvalue weighted by Crippen LogP contribution is 2.37. The van der Waals surface area contributed by atoms with Crippen LogP contribution in [0.3, 0.4) is 0 Å². The summed E-state index contributed by atoms with van der Waals surface area (Å²) in [5.41, 5.74) is 4.29. The standard InChI is InChI=1S/C26H27BrClN3O2/c1-2-32-24-15-19(14-21(27)26(24)33-17-18-9-11-20(28)12-10-18)16-29-13-5-8-25-30-22-6-3-4-7-23(22)31-25/h3-4,6-7,9-12,14-15,29H,2,5,8,13,16-17H2,1H3,(H,30,31). The second-order valence-electron chi connectivity index (χ2n) is 7.73. The zero-order valence-corrected chi connectivity index (χ0v) is 20.9. The van der Waals surface area contributed by atoms with Crippen molar-refractivity contribution in [3.8, 4) is 11.5 Å². The molecule has 0 radical (unpaired) electrons. The Labute approximate surface area is 207 Å². The molecule has 0 unspecified atom stereocenters. The number of hydrogen-bond donors (Lipinski definition) is 2. The van der Waals surface area contributed by atoms with E-state index < -0.39 is 0 Å². The lowest BCUT2D eigenvalue weighted by Gasteiger charge is -2.16. The molecule has 4 rings (SSSR count). The van der Waals surface area contributed by atoms with E-state index in [9.17, 15) is 0 Å². The van der Waals surface area contributed by atoms with Gasteiger partial charge in [-0.3, -0.25) is 0 Å². The molecule has 0 fully saturated rings. The Morgan fingerprint density at radius 3 is 2.64 bits per heavy atom. The molecule has 1 aromatic heterocycles. The Morgan fingerprint density at radius 1 is 1.03 bits per heavy atom. The molecule has 0 aliphatic heterocycles. The van der Waals surface area contributed by atoms with Crippen molar-refractivity contribution in [2.75, 3.05) is 13.2 Å². The van der Waals surface area contributed by atoms with Crippen molar-refractivity contribution < 1.29 is 9.47 Å². The zero-order valence-electron chi connectivity index (χ0n) is 18.5. The summed E-state index contributed by atoms with van der Waals surface area (Å²) in [6.07, 6.45) is 1.91. The first-order valence-corrected chi connectivity index (χ1v) is 12.3. The fourth-order valence-electron chi connectivity index (χ4n) is 3.60. The van der Waals surface area contributed by atoms with Gasteiger partial charge in [-0.2, -0.15) is 0 Å². The van der Waals surface area contributed by atoms with Crippen LogP contribution in [0.1, 0.15) is 30.3 Å². The van der Waals surface area contributed by atoms with Gasteiger partial charge in [0.25, 0.3) is 0 Å². The first-order chi connectivity index (χ1) is 16.1. The van der Waals surface area contributed by atoms with E-state index in [1.54, 1.807) is 0 Å². The maximum atomic E-state index is 6.07. The summed E-state index contributed by atoms with van der Waals surface area (Å²) in [4.78, 5) is 8.02. The third-order valence-corrected chi connectivity index (χ3v) is 6.04. The molecule has 0 aliphatic carbocycles. The van der Waals surface area contributed by atoms with E-state index in [1.807, 2.05) is 55.5 Å². The molecule has 0 saturated carbocycles. The van der Waals surface area contributed by atoms with Crippen molar-refractivity contribution >= 4 is 38.6 Å². The van der Waals surface area contributed by atoms with Crippen LogP contribution in [0.2, 0.25) is 5.02 Å². The number of para-hydroxylation sites is 2. The van der Waals surface area contributed by atoms with E-state index in [0.29, 0.717) is 24.0 Å². The lowest BCUT2D eigenvalue weighted by Crippen LogP contribution is -2.15. The molecule has 0 aliphatic rings. The normalized spacial score (nSPS) is 11.1. The molecule has 7 heteroatoms. The molecule has 5 nitrogen and oxygen atoms in total. The van der Waals surface area contributed by atoms with Gasteiger partial charge >= 0.3 is 0 Å². The second-order valence-corrected chi connectivity index (χ2v) is 9.02. The summed E-state index contributed by atoms with van der Waals surface area (Å²) >= 11 is 9.63. The van der Waals surface area contributed by atoms with E-state index in [4.69, 9.17) is 21.1 Å². The SMILES string of the molecule is CCOc1cc(CNCCCc2nc3ccccc3[nH]2)cc(Br)c1OCc1ccc(Cl)cc1. The highest BCUT2D eigenvalue weighted by molar-refractivity contribution is 9.10. The van der Waals surface area contributed by atoms with Crippen LogP contribution in [0.15, 0.2) is 65.1 Å². The van der Waals surface area contributed by atoms with Gasteiger partial charge in [0.05, 0.1) is 22.1 Å². The first kappa shape index (κ1) is 23.6. The van der Waals surface area contributed by atoms with Gasteiger partial charge in [0.1, 0.15) is 12.4 Å². The number of hydrogen-bond acceptors (Lipinski definition) is 4. The average Bonchev–Trinajstić information content (AvgIpc) is 3.22. The number of ether oxygens (including phenoxy) is 2. The first-order valence-electron chi connectivity index (χ1n) is 11.1. The van der Waals surface area contributed by atoms with E-state index in [1.165, 1.54) is 0 Å². The van der Waals surface area contributed by atoms with Gasteiger partial charge in [-0.05, 0) is 83.3 Å². The van der Waals surface area contributed by atoms with Crippen LogP contribution in [-0.4, -0.2) is 23.1 Å². The highest BCUT2D eigenvalue weighted by Gasteiger charge is 2.13. The molecule has 0 saturated heterocycles. The Morgan fingerprint density at radius 2 is 1.85 bits per heavy atom. The molecule has 0 amide bonds. The predicted molar refractivity (Wildman–Crippen MR) is 137 cm³/mol. The molecule has 172 valence electrons. The van der Waals surface area contributed by atoms with E-state index in [-0.39, 0.29) is 0 Å². The van der Waals surface area contributed by atoms with Crippen molar-refractivity contribution in [1.29, 1.82) is 0 Å². The summed E-state index contributed by atoms with van der Waals surface area (Å²) < 4.78 is 12.8. The van der Waals surface area contributed by atoms with Gasteiger partial charge in [0, 0.05) is 18.0 Å². The lowest BCUT2D eigenvalue weighted by atomic mass is 10.2. The molecule has 0 bridgehead atoms. The Bertz CT molecular complexity index is 1160. The molecular weight excluding hydrogens is 502 g/mol. The number of nitrogens with one attached hydrogen (secondary N) is 2. The van der Waals surface area contributed by atoms with Gasteiger partial charge in [0.15, 0.2) is 11.5 Å². The summed E-state index contributed by atoms with van der Waals surface area (Å²) in [5.74, 6) is 2.47. The molecule has 0 atom stereocenters. The third-order valence-electron chi connectivity index (χ3n) is 5.20. The summed E-state index contributed by atoms with van der Waals surface area (Å²) in [6, 6.07) is 19.9. The van der Waals surface area contributed by atoms with Gasteiger partial charge in [-0.25, -0.2) is 4.98 Å². The summed E-state index contributed by atoms with van der Waals surface area (Å²) in [7, 11) is 0. The Hall–Kier alpha value is -2.54. The smallest absolute Gasteiger partial charge is 0.175 e. The number of nitrogens with zero attached hydrogens (tertiary/aromatic N) is 1. The van der Waals surface area contributed by atoms with Crippen LogP contribution < -0.4 is 14.8 Å². The van der Waals surface area contributed by atoms with Crippen LogP contribution in [0.4, 0.5) is 0 Å². The van der Waals surface area contributed by atoms with E-state index in [0.717, 1.165) is 64.1 Å². The summed E-state index contributed by atoms with van der Waals surface area (Å²) in [6.45, 7) is 4.62. The third kappa shape index (κ3) is 6.50. The van der Waals surface area contributed by atoms with Crippen LogP contribution >= 0.6 is 27.5 Å². The maximum Gasteiger partial charge on any atom is 0.175 e. The highest BCUT2D eigenvalue weighted by atomic mass is 79.9. The number of H-pyrrole nitrogens is 1. The number of aromatic amines is 1. The minimum atomic E-state index is 0.440. The quantitative estimate of drug-likeness (QED) is 0.213. The van der Waals surface area contributed by atoms with Gasteiger partial charge < -0.3 is 19.8 Å². The second kappa shape index (κ2) is 11.5. The largest absolute Gasteiger partial charge is 0.490 e. The molecular formula is C26H27BrClN3O2. The number of benzene rings is 3. The predicted octanol–water partition coefficient (Wildman–Crippen LogP) is 6.68. The minimum Gasteiger partial charge on any atom is -0.490 e. The van der Waals surface area contributed by atoms with Gasteiger partial charge in [-0.15, -0.1) is 0 Å². The molecule has 33 heavy (non-hydrogen) atoms. The molecule has 1 heterocycles. The number of aryl methyl sites for hydroxylation is 1. The van der Waals surface area contributed by atoms with Crippen LogP contribution in [0.25, 0.3) is 11.0 Å². The maximum absolute atomic E-state index is 6.07. The molecule has 4 aromatic rings. The Balaban J connectivity index is 1.31. The number of aromatic nitrogens is 2. The Kier molecular flexibility index (Phi) is 8.26. The van der Waals surface area contributed by atoms with Crippen LogP contribution in [0.5, 0.6) is 11.5 Å². The van der Waals surface area contributed by atoms with Crippen molar-refractivity contribution in [3.05, 3.63) is 87.1 Å². The van der Waals surface area contributed by atoms with Crippen molar-refractivity contribution in [2.24, 2.45) is 0 Å². The average molecular weight is 529 g/mol. The fraction of sp³-hybridized carbons (Fsp3) is 0.269. The zero-order chi connectivity index (χ0) is 23.0. The van der Waals surface area contributed by atoms with Crippen molar-refractivity contribution in [2.45, 2.75) is 32.9 Å². The van der Waals surface area contributed by atoms with Gasteiger partial charge in [0.2, 0.25) is 0 Å². The molecule has 2 N–H and O–H groups in total. The van der Waals surface area contributed by atoms with E-state index in [2.05, 4.69) is 43.3 Å². The van der Waals surface area contributed by atoms with Crippen molar-refractivity contribution in [1.82, 2.24) is 15.3 Å². The molecule has 3 aromatic carbocycles. The number of imidazole rings is 1.